The first-order valence-corrected chi connectivity index (χ1v) is 7.84. The van der Waals surface area contributed by atoms with Crippen LogP contribution in [-0.2, 0) is 5.38 Å². The van der Waals surface area contributed by atoms with E-state index >= 15 is 0 Å². The molecule has 2 heterocycles. The molecule has 0 spiro atoms. The lowest BCUT2D eigenvalue weighted by Gasteiger charge is -2.15. The lowest BCUT2D eigenvalue weighted by atomic mass is 10.1. The number of ether oxygens (including phenoxy) is 1. The lowest BCUT2D eigenvalue weighted by molar-refractivity contribution is 0.0799. The Bertz CT molecular complexity index is 861. The third kappa shape index (κ3) is 3.09. The van der Waals surface area contributed by atoms with Crippen LogP contribution in [0.5, 0.6) is 11.5 Å². The number of hydrogen-bond donors (Lipinski definition) is 1. The number of benzene rings is 1. The molecule has 0 saturated carbocycles. The van der Waals surface area contributed by atoms with Gasteiger partial charge in [0, 0.05) is 4.91 Å². The maximum absolute atomic E-state index is 13.3. The van der Waals surface area contributed by atoms with E-state index in [-0.39, 0.29) is 10.9 Å². The van der Waals surface area contributed by atoms with E-state index in [9.17, 15) is 13.9 Å². The van der Waals surface area contributed by atoms with Gasteiger partial charge in [-0.2, -0.15) is 18.6 Å². The number of thioether (sulfide) groups is 1. The summed E-state index contributed by atoms with van der Waals surface area (Å²) >= 11 is 6.13. The van der Waals surface area contributed by atoms with Crippen molar-refractivity contribution in [1.29, 1.82) is 0 Å². The molecule has 1 aliphatic rings. The van der Waals surface area contributed by atoms with Crippen molar-refractivity contribution in [1.82, 2.24) is 14.9 Å². The predicted octanol–water partition coefficient (Wildman–Crippen LogP) is 3.65. The minimum atomic E-state index is -3.65. The summed E-state index contributed by atoms with van der Waals surface area (Å²) in [5, 5.41) is 17.5. The second kappa shape index (κ2) is 6.06. The molecule has 1 N–H and O–H groups in total. The molecule has 6 nitrogen and oxygen atoms in total. The van der Waals surface area contributed by atoms with Gasteiger partial charge in [0.05, 0.1) is 12.8 Å². The summed E-state index contributed by atoms with van der Waals surface area (Å²) in [5.74, 6) is -0.380. The average molecular weight is 373 g/mol. The smallest absolute Gasteiger partial charge is 0.383 e. The molecule has 2 aromatic rings. The minimum absolute atomic E-state index is 0.00511. The van der Waals surface area contributed by atoms with Crippen LogP contribution in [0.1, 0.15) is 18.3 Å². The van der Waals surface area contributed by atoms with E-state index in [1.807, 2.05) is 0 Å². The van der Waals surface area contributed by atoms with Gasteiger partial charge < -0.3 is 9.84 Å². The van der Waals surface area contributed by atoms with Crippen LogP contribution in [0.2, 0.25) is 0 Å². The fourth-order valence-corrected chi connectivity index (χ4v) is 3.04. The number of aromatic hydroxyl groups is 1. The molecule has 0 saturated heterocycles. The Balaban J connectivity index is 1.97. The Hall–Kier alpha value is -2.13. The zero-order valence-corrected chi connectivity index (χ0v) is 14.1. The number of phenolic OH excluding ortho intramolecular Hbond substituents is 1. The molecule has 0 radical (unpaired) electrons. The third-order valence-electron chi connectivity index (χ3n) is 3.17. The van der Waals surface area contributed by atoms with Crippen molar-refractivity contribution >= 4 is 35.2 Å². The molecule has 10 heteroatoms. The summed E-state index contributed by atoms with van der Waals surface area (Å²) in [7, 11) is 1.46. The molecule has 1 aromatic heterocycles. The second-order valence-corrected chi connectivity index (χ2v) is 6.33. The Morgan fingerprint density at radius 3 is 2.75 bits per heavy atom. The Morgan fingerprint density at radius 1 is 1.38 bits per heavy atom. The van der Waals surface area contributed by atoms with Crippen molar-refractivity contribution in [3.05, 3.63) is 34.5 Å². The largest absolute Gasteiger partial charge is 0.504 e. The maximum atomic E-state index is 13.3. The number of hydrogen-bond acceptors (Lipinski definition) is 6. The number of phenols is 1. The topological polar surface area (TPSA) is 72.5 Å². The van der Waals surface area contributed by atoms with E-state index in [1.54, 1.807) is 25.1 Å². The number of rotatable bonds is 3. The van der Waals surface area contributed by atoms with Crippen LogP contribution in [0, 0.1) is 0 Å². The number of nitrogens with zero attached hydrogens (tertiary/aromatic N) is 4. The standard InChI is InChI=1S/C14H11ClF2N4O2S/c1-7-11(6-8-3-4-10(23-2)9(22)5-8)24-13-19-18-12(14(15,16)17)21(13)20-7/h3-6,22H,1-2H3/b11-6-. The lowest BCUT2D eigenvalue weighted by Crippen LogP contribution is -2.15. The van der Waals surface area contributed by atoms with Gasteiger partial charge in [-0.3, -0.25) is 0 Å². The molecule has 1 aliphatic heterocycles. The molecule has 3 rings (SSSR count). The van der Waals surface area contributed by atoms with Crippen LogP contribution in [-0.4, -0.2) is 32.8 Å². The number of aromatic nitrogens is 3. The molecule has 0 atom stereocenters. The second-order valence-electron chi connectivity index (χ2n) is 4.84. The fraction of sp³-hybridized carbons (Fsp3) is 0.214. The summed E-state index contributed by atoms with van der Waals surface area (Å²) < 4.78 is 32.5. The highest BCUT2D eigenvalue weighted by Crippen LogP contribution is 2.38. The molecule has 0 bridgehead atoms. The van der Waals surface area contributed by atoms with Crippen LogP contribution in [0.15, 0.2) is 33.4 Å². The van der Waals surface area contributed by atoms with Crippen LogP contribution in [0.3, 0.4) is 0 Å². The van der Waals surface area contributed by atoms with E-state index < -0.39 is 11.2 Å². The van der Waals surface area contributed by atoms with Crippen LogP contribution in [0.4, 0.5) is 8.78 Å². The summed E-state index contributed by atoms with van der Waals surface area (Å²) in [6.07, 6.45) is 1.75. The Morgan fingerprint density at radius 2 is 2.12 bits per heavy atom. The van der Waals surface area contributed by atoms with E-state index in [0.29, 0.717) is 21.9 Å². The van der Waals surface area contributed by atoms with Gasteiger partial charge in [-0.05, 0) is 54.1 Å². The normalized spacial score (nSPS) is 16.0. The van der Waals surface area contributed by atoms with Gasteiger partial charge in [0.2, 0.25) is 11.0 Å². The summed E-state index contributed by atoms with van der Waals surface area (Å²) in [6.45, 7) is 1.67. The first kappa shape index (κ1) is 16.7. The van der Waals surface area contributed by atoms with Crippen LogP contribution >= 0.6 is 23.4 Å². The zero-order valence-electron chi connectivity index (χ0n) is 12.5. The number of halogens is 3. The quantitative estimate of drug-likeness (QED) is 0.832. The number of methoxy groups -OCH3 is 1. The van der Waals surface area contributed by atoms with Gasteiger partial charge >= 0.3 is 5.38 Å². The molecule has 1 aromatic carbocycles. The Kier molecular flexibility index (Phi) is 4.22. The summed E-state index contributed by atoms with van der Waals surface area (Å²) in [6, 6.07) is 4.89. The van der Waals surface area contributed by atoms with Gasteiger partial charge in [-0.25, -0.2) is 0 Å². The first-order chi connectivity index (χ1) is 11.3. The van der Waals surface area contributed by atoms with Gasteiger partial charge in [-0.15, -0.1) is 10.2 Å². The van der Waals surface area contributed by atoms with Gasteiger partial charge in [0.15, 0.2) is 11.5 Å². The molecule has 24 heavy (non-hydrogen) atoms. The molecule has 126 valence electrons. The SMILES string of the molecule is COc1ccc(/C=C2\Sc3nnc(C(F)(F)Cl)n3N=C2C)cc1O. The maximum Gasteiger partial charge on any atom is 0.383 e. The number of alkyl halides is 3. The Labute approximate surface area is 144 Å². The molecule has 0 unspecified atom stereocenters. The highest BCUT2D eigenvalue weighted by atomic mass is 35.5. The zero-order chi connectivity index (χ0) is 17.5. The van der Waals surface area contributed by atoms with Crippen molar-refractivity contribution < 1.29 is 18.6 Å². The van der Waals surface area contributed by atoms with E-state index in [4.69, 9.17) is 16.3 Å². The molecule has 0 amide bonds. The van der Waals surface area contributed by atoms with Gasteiger partial charge in [0.1, 0.15) is 0 Å². The molecular weight excluding hydrogens is 362 g/mol. The van der Waals surface area contributed by atoms with Crippen LogP contribution < -0.4 is 4.74 Å². The van der Waals surface area contributed by atoms with E-state index in [2.05, 4.69) is 15.3 Å². The highest BCUT2D eigenvalue weighted by molar-refractivity contribution is 8.04. The molecule has 0 fully saturated rings. The fourth-order valence-electron chi connectivity index (χ4n) is 2.05. The van der Waals surface area contributed by atoms with E-state index in [0.717, 1.165) is 16.4 Å². The number of allylic oxidation sites excluding steroid dienone is 1. The summed E-state index contributed by atoms with van der Waals surface area (Å²) in [4.78, 5) is 0.684. The third-order valence-corrected chi connectivity index (χ3v) is 4.41. The minimum Gasteiger partial charge on any atom is -0.504 e. The summed E-state index contributed by atoms with van der Waals surface area (Å²) in [5.41, 5.74) is 1.19. The average Bonchev–Trinajstić information content (AvgIpc) is 2.90. The first-order valence-electron chi connectivity index (χ1n) is 6.64. The van der Waals surface area contributed by atoms with Crippen LogP contribution in [0.25, 0.3) is 6.08 Å². The number of fused-ring (bicyclic) bond motifs is 1. The van der Waals surface area contributed by atoms with Crippen molar-refractivity contribution in [3.63, 3.8) is 0 Å². The van der Waals surface area contributed by atoms with Crippen molar-refractivity contribution in [2.24, 2.45) is 5.10 Å². The monoisotopic (exact) mass is 372 g/mol. The van der Waals surface area contributed by atoms with Crippen molar-refractivity contribution in [3.8, 4) is 11.5 Å². The molecular formula is C14H11ClF2N4O2S. The molecule has 0 aliphatic carbocycles. The van der Waals surface area contributed by atoms with Gasteiger partial charge in [-0.1, -0.05) is 6.07 Å². The highest BCUT2D eigenvalue weighted by Gasteiger charge is 2.37. The predicted molar refractivity (Wildman–Crippen MR) is 86.8 cm³/mol. The van der Waals surface area contributed by atoms with Crippen molar-refractivity contribution in [2.75, 3.05) is 7.11 Å². The van der Waals surface area contributed by atoms with E-state index in [1.165, 1.54) is 13.2 Å². The van der Waals surface area contributed by atoms with Crippen molar-refractivity contribution in [2.45, 2.75) is 17.5 Å². The van der Waals surface area contributed by atoms with Gasteiger partial charge in [0.25, 0.3) is 0 Å².